The van der Waals surface area contributed by atoms with E-state index in [0.717, 1.165) is 22.4 Å². The number of fused-ring (bicyclic) bond motifs is 1. The molecule has 0 saturated carbocycles. The smallest absolute Gasteiger partial charge is 0.329 e. The predicted octanol–water partition coefficient (Wildman–Crippen LogP) is 4.25. The Hall–Kier alpha value is -3.61. The second-order valence-electron chi connectivity index (χ2n) is 9.54. The molecular formula is C26H30N4O3. The average Bonchev–Trinajstić information content (AvgIpc) is 3.01. The van der Waals surface area contributed by atoms with Crippen molar-refractivity contribution in [3.05, 3.63) is 64.9 Å². The molecule has 1 atom stereocenters. The Morgan fingerprint density at radius 2 is 1.91 bits per heavy atom. The van der Waals surface area contributed by atoms with Crippen LogP contribution in [0.25, 0.3) is 6.08 Å². The molecule has 1 saturated heterocycles. The summed E-state index contributed by atoms with van der Waals surface area (Å²) in [6, 6.07) is 12.6. The molecule has 2 heterocycles. The number of anilines is 2. The summed E-state index contributed by atoms with van der Waals surface area (Å²) in [5.41, 5.74) is 5.16. The number of urea groups is 1. The van der Waals surface area contributed by atoms with E-state index in [2.05, 4.69) is 55.5 Å². The number of para-hydroxylation sites is 1. The van der Waals surface area contributed by atoms with Gasteiger partial charge in [-0.3, -0.25) is 9.59 Å². The van der Waals surface area contributed by atoms with Crippen LogP contribution in [0, 0.1) is 6.92 Å². The first-order valence-electron chi connectivity index (χ1n) is 11.1. The number of hydrogen-bond acceptors (Lipinski definition) is 4. The molecule has 172 valence electrons. The van der Waals surface area contributed by atoms with E-state index in [4.69, 9.17) is 0 Å². The molecule has 33 heavy (non-hydrogen) atoms. The van der Waals surface area contributed by atoms with Gasteiger partial charge in [0.15, 0.2) is 0 Å². The fourth-order valence-corrected chi connectivity index (χ4v) is 4.63. The van der Waals surface area contributed by atoms with Gasteiger partial charge in [0.1, 0.15) is 12.2 Å². The standard InChI is InChI=1S/C26H30N4O3/c1-16-11-22-20(17(2)14-26(3,4)29(22)5)12-18(16)13-21-24(32)30(25(33)28-21)15-23(31)27-19-9-7-6-8-10-19/h6-13,17H,14-15H2,1-5H3,(H,27,31)(H,28,33)/b21-13+. The third kappa shape index (κ3) is 4.35. The van der Waals surface area contributed by atoms with E-state index < -0.39 is 17.8 Å². The van der Waals surface area contributed by atoms with Gasteiger partial charge in [-0.05, 0) is 80.1 Å². The van der Waals surface area contributed by atoms with Crippen molar-refractivity contribution < 1.29 is 14.4 Å². The van der Waals surface area contributed by atoms with Crippen LogP contribution in [-0.4, -0.2) is 41.9 Å². The molecule has 4 rings (SSSR count). The summed E-state index contributed by atoms with van der Waals surface area (Å²) in [6.07, 6.45) is 2.73. The fraction of sp³-hybridized carbons (Fsp3) is 0.346. The van der Waals surface area contributed by atoms with Crippen LogP contribution in [-0.2, 0) is 9.59 Å². The molecule has 1 unspecified atom stereocenters. The maximum Gasteiger partial charge on any atom is 0.329 e. The maximum absolute atomic E-state index is 12.9. The molecular weight excluding hydrogens is 416 g/mol. The van der Waals surface area contributed by atoms with Gasteiger partial charge in [-0.2, -0.15) is 0 Å². The zero-order valence-corrected chi connectivity index (χ0v) is 19.7. The lowest BCUT2D eigenvalue weighted by Crippen LogP contribution is -2.45. The van der Waals surface area contributed by atoms with E-state index in [0.29, 0.717) is 11.6 Å². The lowest BCUT2D eigenvalue weighted by atomic mass is 9.79. The normalized spacial score (nSPS) is 20.6. The highest BCUT2D eigenvalue weighted by molar-refractivity contribution is 6.16. The molecule has 2 aromatic rings. The van der Waals surface area contributed by atoms with Crippen LogP contribution in [0.2, 0.25) is 0 Å². The van der Waals surface area contributed by atoms with Gasteiger partial charge >= 0.3 is 6.03 Å². The van der Waals surface area contributed by atoms with Crippen LogP contribution in [0.3, 0.4) is 0 Å². The van der Waals surface area contributed by atoms with Crippen molar-refractivity contribution in [3.8, 4) is 0 Å². The number of imide groups is 1. The number of carbonyl (C=O) groups excluding carboxylic acids is 3. The Bertz CT molecular complexity index is 1150. The summed E-state index contributed by atoms with van der Waals surface area (Å²) in [7, 11) is 2.11. The number of amides is 4. The molecule has 4 amide bonds. The summed E-state index contributed by atoms with van der Waals surface area (Å²) in [5, 5.41) is 5.32. The Labute approximate surface area is 194 Å². The molecule has 7 heteroatoms. The number of benzene rings is 2. The number of aryl methyl sites for hydroxylation is 1. The van der Waals surface area contributed by atoms with E-state index in [1.807, 2.05) is 13.0 Å². The molecule has 2 aromatic carbocycles. The predicted molar refractivity (Wildman–Crippen MR) is 130 cm³/mol. The van der Waals surface area contributed by atoms with Crippen molar-refractivity contribution in [1.82, 2.24) is 10.2 Å². The molecule has 2 N–H and O–H groups in total. The molecule has 2 aliphatic heterocycles. The van der Waals surface area contributed by atoms with Crippen LogP contribution in [0.1, 0.15) is 49.8 Å². The molecule has 0 aliphatic carbocycles. The summed E-state index contributed by atoms with van der Waals surface area (Å²) >= 11 is 0. The zero-order valence-electron chi connectivity index (χ0n) is 19.7. The van der Waals surface area contributed by atoms with Crippen LogP contribution in [0.4, 0.5) is 16.2 Å². The Kier molecular flexibility index (Phi) is 5.74. The van der Waals surface area contributed by atoms with Gasteiger partial charge in [-0.25, -0.2) is 9.69 Å². The van der Waals surface area contributed by atoms with Crippen LogP contribution in [0.5, 0.6) is 0 Å². The van der Waals surface area contributed by atoms with Crippen molar-refractivity contribution in [2.45, 2.75) is 45.6 Å². The molecule has 0 spiro atoms. The Morgan fingerprint density at radius 3 is 2.61 bits per heavy atom. The number of hydrogen-bond donors (Lipinski definition) is 2. The van der Waals surface area contributed by atoms with Crippen LogP contribution < -0.4 is 15.5 Å². The lowest BCUT2D eigenvalue weighted by Gasteiger charge is -2.45. The first-order chi connectivity index (χ1) is 15.6. The Morgan fingerprint density at radius 1 is 1.21 bits per heavy atom. The summed E-state index contributed by atoms with van der Waals surface area (Å²) in [6.45, 7) is 8.35. The largest absolute Gasteiger partial charge is 0.369 e. The molecule has 7 nitrogen and oxygen atoms in total. The number of nitrogens with zero attached hydrogens (tertiary/aromatic N) is 2. The van der Waals surface area contributed by atoms with E-state index >= 15 is 0 Å². The van der Waals surface area contributed by atoms with E-state index in [1.54, 1.807) is 30.3 Å². The van der Waals surface area contributed by atoms with Gasteiger partial charge in [0.25, 0.3) is 5.91 Å². The second kappa shape index (κ2) is 8.39. The third-order valence-corrected chi connectivity index (χ3v) is 6.64. The first-order valence-corrected chi connectivity index (χ1v) is 11.1. The first kappa shape index (κ1) is 22.6. The molecule has 0 radical (unpaired) electrons. The number of carbonyl (C=O) groups is 3. The van der Waals surface area contributed by atoms with Crippen molar-refractivity contribution in [3.63, 3.8) is 0 Å². The monoisotopic (exact) mass is 446 g/mol. The summed E-state index contributed by atoms with van der Waals surface area (Å²) in [5.74, 6) is -0.571. The molecule has 0 bridgehead atoms. The molecule has 0 aromatic heterocycles. The van der Waals surface area contributed by atoms with E-state index in [1.165, 1.54) is 11.3 Å². The van der Waals surface area contributed by atoms with Crippen molar-refractivity contribution in [2.24, 2.45) is 0 Å². The SMILES string of the molecule is Cc1cc2c(cc1/C=C1/NC(=O)N(CC(=O)Nc3ccccc3)C1=O)C(C)CC(C)(C)N2C. The van der Waals surface area contributed by atoms with Gasteiger partial charge in [0.05, 0.1) is 0 Å². The number of nitrogens with one attached hydrogen (secondary N) is 2. The fourth-order valence-electron chi connectivity index (χ4n) is 4.63. The highest BCUT2D eigenvalue weighted by Gasteiger charge is 2.36. The minimum absolute atomic E-state index is 0.0645. The highest BCUT2D eigenvalue weighted by atomic mass is 16.2. The van der Waals surface area contributed by atoms with Gasteiger partial charge in [-0.15, -0.1) is 0 Å². The van der Waals surface area contributed by atoms with Gasteiger partial charge in [-0.1, -0.05) is 25.1 Å². The summed E-state index contributed by atoms with van der Waals surface area (Å²) in [4.78, 5) is 40.9. The minimum Gasteiger partial charge on any atom is -0.369 e. The molecule has 1 fully saturated rings. The van der Waals surface area contributed by atoms with Crippen molar-refractivity contribution in [2.75, 3.05) is 23.8 Å². The molecule has 2 aliphatic rings. The van der Waals surface area contributed by atoms with Crippen LogP contribution in [0.15, 0.2) is 48.2 Å². The third-order valence-electron chi connectivity index (χ3n) is 6.64. The van der Waals surface area contributed by atoms with Gasteiger partial charge in [0, 0.05) is 24.0 Å². The summed E-state index contributed by atoms with van der Waals surface area (Å²) < 4.78 is 0. The van der Waals surface area contributed by atoms with E-state index in [-0.39, 0.29) is 17.8 Å². The van der Waals surface area contributed by atoms with Crippen molar-refractivity contribution in [1.29, 1.82) is 0 Å². The second-order valence-corrected chi connectivity index (χ2v) is 9.54. The lowest BCUT2D eigenvalue weighted by molar-refractivity contribution is -0.127. The van der Waals surface area contributed by atoms with Crippen molar-refractivity contribution >= 4 is 35.3 Å². The highest BCUT2D eigenvalue weighted by Crippen LogP contribution is 2.43. The number of rotatable bonds is 4. The topological polar surface area (TPSA) is 81.8 Å². The van der Waals surface area contributed by atoms with E-state index in [9.17, 15) is 14.4 Å². The van der Waals surface area contributed by atoms with Gasteiger partial charge < -0.3 is 15.5 Å². The van der Waals surface area contributed by atoms with Gasteiger partial charge in [0.2, 0.25) is 5.91 Å². The average molecular weight is 447 g/mol. The maximum atomic E-state index is 12.9. The quantitative estimate of drug-likeness (QED) is 0.543. The van der Waals surface area contributed by atoms with Crippen LogP contribution >= 0.6 is 0 Å². The zero-order chi connectivity index (χ0) is 23.9. The Balaban J connectivity index is 1.55. The minimum atomic E-state index is -0.597.